The van der Waals surface area contributed by atoms with E-state index >= 15 is 0 Å². The van der Waals surface area contributed by atoms with Crippen molar-refractivity contribution in [2.75, 3.05) is 12.3 Å². The number of hydrogen-bond acceptors (Lipinski definition) is 11. The topological polar surface area (TPSA) is 212 Å². The number of nitrogen functional groups attached to an aromatic ring is 1. The van der Waals surface area contributed by atoms with Gasteiger partial charge in [0.05, 0.1) is 20.8 Å². The van der Waals surface area contributed by atoms with Crippen molar-refractivity contribution in [3.8, 4) is 0 Å². The Morgan fingerprint density at radius 1 is 1.54 bits per heavy atom. The van der Waals surface area contributed by atoms with E-state index in [0.717, 1.165) is 10.9 Å². The molecule has 0 bridgehead atoms. The third-order valence-corrected chi connectivity index (χ3v) is 3.97. The molecule has 0 spiro atoms. The number of ether oxygens (including phenoxy) is 1. The molecule has 3 rings (SSSR count). The highest BCUT2D eigenvalue weighted by Crippen LogP contribution is 2.39. The van der Waals surface area contributed by atoms with Gasteiger partial charge in [-0.15, -0.1) is 0 Å². The Kier molecular flexibility index (Phi) is 4.17. The highest BCUT2D eigenvalue weighted by Gasteiger charge is 2.46. The SMILES string of the molecule is Nc1nc2c(ncn2C2OC(CO)C(OP(=O)([O-])[O-])C2O)c(=O)[nH]1. The van der Waals surface area contributed by atoms with E-state index in [9.17, 15) is 29.4 Å². The Balaban J connectivity index is 2.01. The van der Waals surface area contributed by atoms with Gasteiger partial charge < -0.3 is 39.6 Å². The van der Waals surface area contributed by atoms with E-state index < -0.39 is 44.5 Å². The van der Waals surface area contributed by atoms with Crippen LogP contribution < -0.4 is 21.1 Å². The van der Waals surface area contributed by atoms with E-state index in [4.69, 9.17) is 10.5 Å². The number of phosphoric acid groups is 1. The molecule has 4 atom stereocenters. The van der Waals surface area contributed by atoms with Crippen LogP contribution in [0.3, 0.4) is 0 Å². The fraction of sp³-hybridized carbons (Fsp3) is 0.500. The molecule has 0 aromatic carbocycles. The zero-order valence-electron chi connectivity index (χ0n) is 11.8. The van der Waals surface area contributed by atoms with Gasteiger partial charge in [-0.25, -0.2) is 4.98 Å². The molecule has 0 radical (unpaired) electrons. The lowest BCUT2D eigenvalue weighted by molar-refractivity contribution is -0.347. The van der Waals surface area contributed by atoms with Crippen LogP contribution in [0.25, 0.3) is 11.2 Å². The summed E-state index contributed by atoms with van der Waals surface area (Å²) in [6, 6.07) is 0. The van der Waals surface area contributed by atoms with Gasteiger partial charge in [-0.05, 0) is 0 Å². The Morgan fingerprint density at radius 2 is 2.25 bits per heavy atom. The van der Waals surface area contributed by atoms with E-state index in [0.29, 0.717) is 0 Å². The van der Waals surface area contributed by atoms with E-state index in [1.165, 1.54) is 0 Å². The van der Waals surface area contributed by atoms with Crippen LogP contribution in [0, 0.1) is 0 Å². The molecule has 14 heteroatoms. The molecule has 2 aromatic heterocycles. The second-order valence-corrected chi connectivity index (χ2v) is 6.14. The highest BCUT2D eigenvalue weighted by atomic mass is 31.2. The molecular formula is C10H12N5O8P-2. The van der Waals surface area contributed by atoms with Gasteiger partial charge in [0, 0.05) is 0 Å². The lowest BCUT2D eigenvalue weighted by Gasteiger charge is -2.34. The van der Waals surface area contributed by atoms with Crippen molar-refractivity contribution in [3.05, 3.63) is 16.7 Å². The van der Waals surface area contributed by atoms with Crippen LogP contribution in [0.4, 0.5) is 5.95 Å². The number of nitrogens with zero attached hydrogens (tertiary/aromatic N) is 3. The smallest absolute Gasteiger partial charge is 0.280 e. The number of anilines is 1. The molecule has 5 N–H and O–H groups in total. The minimum absolute atomic E-state index is 0.0370. The standard InChI is InChI=1S/C10H14N5O8P/c11-10-13-7-4(8(18)14-10)12-2-15(7)9-5(17)6(3(1-16)22-9)23-24(19,20)21/h2-3,5-6,9,16-17H,1H2,(H2,19,20,21)(H3,11,13,14,18)/p-2. The predicted octanol–water partition coefficient (Wildman–Crippen LogP) is -3.83. The number of phosphoric ester groups is 1. The zero-order valence-corrected chi connectivity index (χ0v) is 12.7. The first-order valence-electron chi connectivity index (χ1n) is 6.58. The number of rotatable bonds is 4. The number of aromatic amines is 1. The highest BCUT2D eigenvalue weighted by molar-refractivity contribution is 7.43. The number of imidazole rings is 1. The van der Waals surface area contributed by atoms with Crippen LogP contribution in [0.15, 0.2) is 11.1 Å². The molecule has 24 heavy (non-hydrogen) atoms. The largest absolute Gasteiger partial charge is 0.790 e. The summed E-state index contributed by atoms with van der Waals surface area (Å²) in [7, 11) is -5.44. The Bertz CT molecular complexity index is 861. The number of aliphatic hydroxyl groups excluding tert-OH is 2. The summed E-state index contributed by atoms with van der Waals surface area (Å²) >= 11 is 0. The lowest BCUT2D eigenvalue weighted by atomic mass is 10.1. The quantitative estimate of drug-likeness (QED) is 0.387. The molecule has 0 aliphatic carbocycles. The molecular weight excluding hydrogens is 349 g/mol. The Labute approximate surface area is 132 Å². The number of nitrogens with two attached hydrogens (primary N) is 1. The molecule has 13 nitrogen and oxygen atoms in total. The van der Waals surface area contributed by atoms with Gasteiger partial charge in [-0.2, -0.15) is 4.98 Å². The van der Waals surface area contributed by atoms with Gasteiger partial charge in [0.1, 0.15) is 18.3 Å². The number of fused-ring (bicyclic) bond motifs is 1. The number of nitrogens with one attached hydrogen (secondary N) is 1. The van der Waals surface area contributed by atoms with Gasteiger partial charge in [-0.1, -0.05) is 0 Å². The van der Waals surface area contributed by atoms with E-state index in [1.807, 2.05) is 0 Å². The molecule has 1 fully saturated rings. The van der Waals surface area contributed by atoms with Gasteiger partial charge >= 0.3 is 0 Å². The van der Waals surface area contributed by atoms with E-state index in [1.54, 1.807) is 0 Å². The van der Waals surface area contributed by atoms with Gasteiger partial charge in [0.2, 0.25) is 5.95 Å². The number of aromatic nitrogens is 4. The van der Waals surface area contributed by atoms with Crippen molar-refractivity contribution >= 4 is 24.9 Å². The fourth-order valence-electron chi connectivity index (χ4n) is 2.50. The summed E-state index contributed by atoms with van der Waals surface area (Å²) < 4.78 is 21.5. The summed E-state index contributed by atoms with van der Waals surface area (Å²) in [5, 5.41) is 19.5. The fourth-order valence-corrected chi connectivity index (χ4v) is 3.06. The van der Waals surface area contributed by atoms with Crippen LogP contribution in [0.5, 0.6) is 0 Å². The number of hydrogen-bond donors (Lipinski definition) is 4. The van der Waals surface area contributed by atoms with Gasteiger partial charge in [0.15, 0.2) is 17.4 Å². The van der Waals surface area contributed by atoms with Gasteiger partial charge in [0.25, 0.3) is 5.56 Å². The first-order chi connectivity index (χ1) is 11.2. The summed E-state index contributed by atoms with van der Waals surface area (Å²) in [6.07, 6.45) is -4.77. The molecule has 3 heterocycles. The predicted molar refractivity (Wildman–Crippen MR) is 72.0 cm³/mol. The lowest BCUT2D eigenvalue weighted by Crippen LogP contribution is -2.38. The maximum Gasteiger partial charge on any atom is 0.280 e. The second-order valence-electron chi connectivity index (χ2n) is 5.03. The summed E-state index contributed by atoms with van der Waals surface area (Å²) in [5.74, 6) is -0.211. The summed E-state index contributed by atoms with van der Waals surface area (Å²) in [5.41, 5.74) is 4.70. The van der Waals surface area contributed by atoms with E-state index in [2.05, 4.69) is 19.5 Å². The molecule has 4 unspecified atom stereocenters. The molecule has 1 aliphatic heterocycles. The Morgan fingerprint density at radius 3 is 2.88 bits per heavy atom. The third-order valence-electron chi connectivity index (χ3n) is 3.46. The van der Waals surface area contributed by atoms with Crippen molar-refractivity contribution in [2.45, 2.75) is 24.5 Å². The minimum atomic E-state index is -5.44. The summed E-state index contributed by atoms with van der Waals surface area (Å²) in [6.45, 7) is -0.721. The average molecular weight is 361 g/mol. The molecule has 2 aromatic rings. The first kappa shape index (κ1) is 17.0. The zero-order chi connectivity index (χ0) is 17.6. The molecule has 1 saturated heterocycles. The van der Waals surface area contributed by atoms with Gasteiger partial charge in [-0.3, -0.25) is 14.3 Å². The monoisotopic (exact) mass is 361 g/mol. The second kappa shape index (κ2) is 5.89. The third kappa shape index (κ3) is 2.93. The van der Waals surface area contributed by atoms with Crippen LogP contribution >= 0.6 is 7.82 Å². The number of H-pyrrole nitrogens is 1. The maximum absolute atomic E-state index is 11.7. The maximum atomic E-state index is 11.7. The van der Waals surface area contributed by atoms with Crippen molar-refractivity contribution in [2.24, 2.45) is 0 Å². The summed E-state index contributed by atoms with van der Waals surface area (Å²) in [4.78, 5) is 43.3. The van der Waals surface area contributed by atoms with Crippen LogP contribution in [-0.4, -0.2) is 54.7 Å². The first-order valence-corrected chi connectivity index (χ1v) is 8.04. The molecule has 1 aliphatic rings. The number of aliphatic hydroxyl groups is 2. The van der Waals surface area contributed by atoms with Crippen LogP contribution in [-0.2, 0) is 13.8 Å². The molecule has 0 saturated carbocycles. The minimum Gasteiger partial charge on any atom is -0.790 e. The van der Waals surface area contributed by atoms with Crippen molar-refractivity contribution in [1.82, 2.24) is 19.5 Å². The van der Waals surface area contributed by atoms with Crippen molar-refractivity contribution < 1.29 is 33.8 Å². The normalized spacial score (nSPS) is 27.8. The molecule has 0 amide bonds. The van der Waals surface area contributed by atoms with Crippen molar-refractivity contribution in [1.29, 1.82) is 0 Å². The van der Waals surface area contributed by atoms with E-state index in [-0.39, 0.29) is 17.1 Å². The van der Waals surface area contributed by atoms with Crippen molar-refractivity contribution in [3.63, 3.8) is 0 Å². The molecule has 132 valence electrons. The Hall–Kier alpha value is -1.86. The van der Waals surface area contributed by atoms with Crippen LogP contribution in [0.1, 0.15) is 6.23 Å². The average Bonchev–Trinajstić information content (AvgIpc) is 3.00. The van der Waals surface area contributed by atoms with Crippen LogP contribution in [0.2, 0.25) is 0 Å².